The molecule has 3 nitrogen and oxygen atoms in total. The minimum atomic E-state index is -2.99. The van der Waals surface area contributed by atoms with Gasteiger partial charge in [0, 0.05) is 6.54 Å². The first-order valence-electron chi connectivity index (χ1n) is 3.87. The quantitative estimate of drug-likeness (QED) is 0.728. The van der Waals surface area contributed by atoms with Crippen LogP contribution in [0.4, 0.5) is 13.2 Å². The molecule has 0 amide bonds. The number of nitrogens with zero attached hydrogens (tertiary/aromatic N) is 1. The van der Waals surface area contributed by atoms with Crippen LogP contribution in [0.25, 0.3) is 0 Å². The number of rotatable bonds is 3. The summed E-state index contributed by atoms with van der Waals surface area (Å²) < 4.78 is 37.6. The molecule has 14 heavy (non-hydrogen) atoms. The SMILES string of the molecule is NCc1cc(CO)c(C(F)F)c(F)n1. The third kappa shape index (κ3) is 2.02. The van der Waals surface area contributed by atoms with E-state index in [0.717, 1.165) is 0 Å². The van der Waals surface area contributed by atoms with Gasteiger partial charge in [-0.15, -0.1) is 0 Å². The summed E-state index contributed by atoms with van der Waals surface area (Å²) in [6, 6.07) is 1.17. The summed E-state index contributed by atoms with van der Waals surface area (Å²) in [5.74, 6) is -1.27. The van der Waals surface area contributed by atoms with Gasteiger partial charge >= 0.3 is 0 Å². The van der Waals surface area contributed by atoms with Crippen molar-refractivity contribution in [2.24, 2.45) is 5.73 Å². The molecule has 0 aliphatic rings. The van der Waals surface area contributed by atoms with Crippen molar-refractivity contribution in [3.05, 3.63) is 28.8 Å². The van der Waals surface area contributed by atoms with Crippen molar-refractivity contribution in [3.8, 4) is 0 Å². The smallest absolute Gasteiger partial charge is 0.268 e. The van der Waals surface area contributed by atoms with Crippen LogP contribution in [-0.4, -0.2) is 10.1 Å². The van der Waals surface area contributed by atoms with E-state index in [1.54, 1.807) is 0 Å². The fraction of sp³-hybridized carbons (Fsp3) is 0.375. The summed E-state index contributed by atoms with van der Waals surface area (Å²) in [7, 11) is 0. The second-order valence-electron chi connectivity index (χ2n) is 2.64. The number of aliphatic hydroxyl groups is 1. The van der Waals surface area contributed by atoms with Gasteiger partial charge in [0.15, 0.2) is 0 Å². The summed E-state index contributed by atoms with van der Waals surface area (Å²) in [4.78, 5) is 3.24. The minimum Gasteiger partial charge on any atom is -0.392 e. The van der Waals surface area contributed by atoms with E-state index in [2.05, 4.69) is 4.98 Å². The maximum atomic E-state index is 13.0. The Labute approximate surface area is 78.4 Å². The average Bonchev–Trinajstić information content (AvgIpc) is 2.15. The lowest BCUT2D eigenvalue weighted by molar-refractivity contribution is 0.140. The molecule has 1 heterocycles. The fourth-order valence-corrected chi connectivity index (χ4v) is 1.10. The fourth-order valence-electron chi connectivity index (χ4n) is 1.10. The lowest BCUT2D eigenvalue weighted by atomic mass is 10.1. The van der Waals surface area contributed by atoms with Crippen LogP contribution in [0.15, 0.2) is 6.07 Å². The number of pyridine rings is 1. The van der Waals surface area contributed by atoms with E-state index in [4.69, 9.17) is 10.8 Å². The maximum Gasteiger partial charge on any atom is 0.268 e. The molecule has 0 bridgehead atoms. The predicted molar refractivity (Wildman–Crippen MR) is 43.0 cm³/mol. The van der Waals surface area contributed by atoms with Crippen LogP contribution in [0.3, 0.4) is 0 Å². The molecule has 0 aromatic carbocycles. The third-order valence-electron chi connectivity index (χ3n) is 1.75. The Bertz CT molecular complexity index is 331. The lowest BCUT2D eigenvalue weighted by Crippen LogP contribution is -2.08. The van der Waals surface area contributed by atoms with Gasteiger partial charge in [0.1, 0.15) is 0 Å². The minimum absolute atomic E-state index is 0.0621. The van der Waals surface area contributed by atoms with Crippen LogP contribution in [-0.2, 0) is 13.2 Å². The molecule has 1 rings (SSSR count). The molecule has 6 heteroatoms. The molecule has 0 unspecified atom stereocenters. The summed E-state index contributed by atoms with van der Waals surface area (Å²) in [5.41, 5.74) is 4.28. The number of alkyl halides is 2. The zero-order valence-corrected chi connectivity index (χ0v) is 7.17. The van der Waals surface area contributed by atoms with Crippen molar-refractivity contribution in [2.45, 2.75) is 19.6 Å². The van der Waals surface area contributed by atoms with Gasteiger partial charge in [-0.3, -0.25) is 0 Å². The van der Waals surface area contributed by atoms with E-state index in [1.807, 2.05) is 0 Å². The molecule has 1 aromatic heterocycles. The number of halogens is 3. The number of aromatic nitrogens is 1. The second kappa shape index (κ2) is 4.39. The first kappa shape index (κ1) is 10.9. The van der Waals surface area contributed by atoms with Crippen LogP contribution < -0.4 is 5.73 Å². The van der Waals surface area contributed by atoms with Gasteiger partial charge in [0.2, 0.25) is 5.95 Å². The Morgan fingerprint density at radius 1 is 1.50 bits per heavy atom. The van der Waals surface area contributed by atoms with E-state index in [0.29, 0.717) is 0 Å². The second-order valence-corrected chi connectivity index (χ2v) is 2.64. The Hall–Kier alpha value is -1.14. The first-order chi connectivity index (χ1) is 6.60. The molecule has 0 spiro atoms. The number of hydrogen-bond acceptors (Lipinski definition) is 3. The van der Waals surface area contributed by atoms with Gasteiger partial charge in [-0.1, -0.05) is 0 Å². The molecular weight excluding hydrogens is 197 g/mol. The summed E-state index contributed by atoms with van der Waals surface area (Å²) in [5, 5.41) is 8.74. The number of aliphatic hydroxyl groups excluding tert-OH is 1. The highest BCUT2D eigenvalue weighted by Crippen LogP contribution is 2.25. The summed E-state index contributed by atoms with van der Waals surface area (Å²) in [6.45, 7) is -0.723. The van der Waals surface area contributed by atoms with Crippen molar-refractivity contribution < 1.29 is 18.3 Å². The zero-order chi connectivity index (χ0) is 10.7. The van der Waals surface area contributed by atoms with Crippen molar-refractivity contribution in [3.63, 3.8) is 0 Å². The van der Waals surface area contributed by atoms with Gasteiger partial charge in [-0.05, 0) is 11.6 Å². The predicted octanol–water partition coefficient (Wildman–Crippen LogP) is 1.11. The van der Waals surface area contributed by atoms with Gasteiger partial charge < -0.3 is 10.8 Å². The monoisotopic (exact) mass is 206 g/mol. The van der Waals surface area contributed by atoms with Gasteiger partial charge in [-0.2, -0.15) is 4.39 Å². The highest BCUT2D eigenvalue weighted by atomic mass is 19.3. The van der Waals surface area contributed by atoms with Gasteiger partial charge in [-0.25, -0.2) is 13.8 Å². The third-order valence-corrected chi connectivity index (χ3v) is 1.75. The normalized spacial score (nSPS) is 11.0. The van der Waals surface area contributed by atoms with Crippen LogP contribution in [0.5, 0.6) is 0 Å². The topological polar surface area (TPSA) is 59.1 Å². The summed E-state index contributed by atoms with van der Waals surface area (Å²) in [6.07, 6.45) is -2.99. The van der Waals surface area contributed by atoms with Crippen molar-refractivity contribution in [1.29, 1.82) is 0 Å². The molecule has 0 radical (unpaired) electrons. The molecule has 0 aliphatic heterocycles. The highest BCUT2D eigenvalue weighted by Gasteiger charge is 2.20. The van der Waals surface area contributed by atoms with E-state index >= 15 is 0 Å². The van der Waals surface area contributed by atoms with Crippen molar-refractivity contribution in [2.75, 3.05) is 0 Å². The standard InChI is InChI=1S/C8H9F3N2O/c9-7(10)6-4(3-14)1-5(2-12)13-8(6)11/h1,7,14H,2-3,12H2. The highest BCUT2D eigenvalue weighted by molar-refractivity contribution is 5.28. The van der Waals surface area contributed by atoms with Gasteiger partial charge in [0.25, 0.3) is 6.43 Å². The number of nitrogens with two attached hydrogens (primary N) is 1. The van der Waals surface area contributed by atoms with Crippen LogP contribution in [0.1, 0.15) is 23.2 Å². The molecule has 0 saturated heterocycles. The van der Waals surface area contributed by atoms with E-state index in [1.165, 1.54) is 6.07 Å². The maximum absolute atomic E-state index is 13.0. The molecule has 0 saturated carbocycles. The van der Waals surface area contributed by atoms with Crippen LogP contribution in [0.2, 0.25) is 0 Å². The number of hydrogen-bond donors (Lipinski definition) is 2. The molecule has 0 atom stereocenters. The van der Waals surface area contributed by atoms with E-state index in [9.17, 15) is 13.2 Å². The van der Waals surface area contributed by atoms with Crippen LogP contribution in [0, 0.1) is 5.95 Å². The Balaban J connectivity index is 3.27. The van der Waals surface area contributed by atoms with E-state index in [-0.39, 0.29) is 17.8 Å². The van der Waals surface area contributed by atoms with Crippen molar-refractivity contribution >= 4 is 0 Å². The average molecular weight is 206 g/mol. The largest absolute Gasteiger partial charge is 0.392 e. The Morgan fingerprint density at radius 3 is 2.57 bits per heavy atom. The van der Waals surface area contributed by atoms with Gasteiger partial charge in [0.05, 0.1) is 17.9 Å². The van der Waals surface area contributed by atoms with Crippen molar-refractivity contribution in [1.82, 2.24) is 4.98 Å². The molecule has 0 fully saturated rings. The Kier molecular flexibility index (Phi) is 3.43. The van der Waals surface area contributed by atoms with E-state index < -0.39 is 24.5 Å². The molecule has 0 aliphatic carbocycles. The zero-order valence-electron chi connectivity index (χ0n) is 7.17. The molecular formula is C8H9F3N2O. The van der Waals surface area contributed by atoms with Crippen LogP contribution >= 0.6 is 0 Å². The summed E-state index contributed by atoms with van der Waals surface area (Å²) >= 11 is 0. The molecule has 78 valence electrons. The Morgan fingerprint density at radius 2 is 2.14 bits per heavy atom. The molecule has 3 N–H and O–H groups in total. The lowest BCUT2D eigenvalue weighted by Gasteiger charge is -2.08. The molecule has 1 aromatic rings. The first-order valence-corrected chi connectivity index (χ1v) is 3.87.